The van der Waals surface area contributed by atoms with Crippen LogP contribution in [-0.2, 0) is 13.0 Å². The highest BCUT2D eigenvalue weighted by Gasteiger charge is 2.25. The van der Waals surface area contributed by atoms with Crippen LogP contribution in [0, 0.1) is 0 Å². The molecule has 0 saturated heterocycles. The van der Waals surface area contributed by atoms with Gasteiger partial charge in [-0.1, -0.05) is 18.2 Å². The maximum absolute atomic E-state index is 12.4. The molecular weight excluding hydrogens is 476 g/mol. The number of carboxylic acid groups (broad SMARTS) is 1. The molecule has 0 saturated carbocycles. The van der Waals surface area contributed by atoms with Gasteiger partial charge in [-0.3, -0.25) is 4.68 Å². The van der Waals surface area contributed by atoms with E-state index in [1.807, 2.05) is 53.9 Å². The van der Waals surface area contributed by atoms with E-state index in [0.29, 0.717) is 24.2 Å². The van der Waals surface area contributed by atoms with Crippen molar-refractivity contribution in [3.05, 3.63) is 76.3 Å². The standard InChI is InChI=1S/C22H14N6O2S3/c29-22(30)21-14(8-12-3-5-15-17(9-12)26-32-24-15)20(19-2-1-7-31-19)23-28(21)11-13-4-6-16-18(10-13)27-33-25-16/h1-7,9-10H,8,11H2,(H,29,30). The smallest absolute Gasteiger partial charge is 0.354 e. The first-order chi connectivity index (χ1) is 16.2. The first kappa shape index (κ1) is 20.1. The monoisotopic (exact) mass is 490 g/mol. The van der Waals surface area contributed by atoms with Crippen molar-refractivity contribution in [2.75, 3.05) is 0 Å². The third-order valence-electron chi connectivity index (χ3n) is 5.36. The quantitative estimate of drug-likeness (QED) is 0.352. The van der Waals surface area contributed by atoms with Crippen molar-refractivity contribution in [1.29, 1.82) is 0 Å². The van der Waals surface area contributed by atoms with Gasteiger partial charge < -0.3 is 5.11 Å². The molecule has 1 N–H and O–H groups in total. The Morgan fingerprint density at radius 2 is 1.55 bits per heavy atom. The van der Waals surface area contributed by atoms with Gasteiger partial charge in [-0.25, -0.2) is 4.79 Å². The molecule has 0 aliphatic rings. The minimum Gasteiger partial charge on any atom is -0.477 e. The fourth-order valence-electron chi connectivity index (χ4n) is 3.87. The van der Waals surface area contributed by atoms with Gasteiger partial charge in [0.1, 0.15) is 27.8 Å². The fourth-order valence-corrected chi connectivity index (χ4v) is 5.64. The van der Waals surface area contributed by atoms with Crippen molar-refractivity contribution < 1.29 is 9.90 Å². The van der Waals surface area contributed by atoms with E-state index in [2.05, 4.69) is 17.5 Å². The number of aromatic carboxylic acids is 1. The van der Waals surface area contributed by atoms with Gasteiger partial charge in [0.05, 0.1) is 34.9 Å². The molecule has 6 rings (SSSR count). The highest BCUT2D eigenvalue weighted by atomic mass is 32.1. The Morgan fingerprint density at radius 3 is 2.21 bits per heavy atom. The predicted octanol–water partition coefficient (Wildman–Crippen LogP) is 4.96. The summed E-state index contributed by atoms with van der Waals surface area (Å²) in [6.45, 7) is 0.322. The molecule has 0 atom stereocenters. The lowest BCUT2D eigenvalue weighted by Crippen LogP contribution is -2.13. The summed E-state index contributed by atoms with van der Waals surface area (Å²) in [5.74, 6) is -1.01. The first-order valence-electron chi connectivity index (χ1n) is 9.95. The first-order valence-corrected chi connectivity index (χ1v) is 12.3. The maximum Gasteiger partial charge on any atom is 0.354 e. The summed E-state index contributed by atoms with van der Waals surface area (Å²) in [6, 6.07) is 15.5. The summed E-state index contributed by atoms with van der Waals surface area (Å²) >= 11 is 3.87. The van der Waals surface area contributed by atoms with Gasteiger partial charge >= 0.3 is 5.97 Å². The zero-order valence-corrected chi connectivity index (χ0v) is 19.3. The van der Waals surface area contributed by atoms with Gasteiger partial charge in [0.15, 0.2) is 5.69 Å². The van der Waals surface area contributed by atoms with Gasteiger partial charge in [-0.15, -0.1) is 11.3 Å². The van der Waals surface area contributed by atoms with E-state index in [9.17, 15) is 9.90 Å². The molecule has 33 heavy (non-hydrogen) atoms. The van der Waals surface area contributed by atoms with Gasteiger partial charge in [-0.2, -0.15) is 22.6 Å². The number of carbonyl (C=O) groups is 1. The van der Waals surface area contributed by atoms with Gasteiger partial charge in [-0.05, 0) is 46.8 Å². The van der Waals surface area contributed by atoms with Crippen molar-refractivity contribution >= 4 is 62.8 Å². The van der Waals surface area contributed by atoms with Crippen LogP contribution in [0.5, 0.6) is 0 Å². The SMILES string of the molecule is O=C(O)c1c(Cc2ccc3nsnc3c2)c(-c2cccs2)nn1Cc1ccc2nsnc2c1. The van der Waals surface area contributed by atoms with Gasteiger partial charge in [0.2, 0.25) is 0 Å². The lowest BCUT2D eigenvalue weighted by molar-refractivity contribution is 0.0683. The van der Waals surface area contributed by atoms with Crippen molar-refractivity contribution in [2.45, 2.75) is 13.0 Å². The van der Waals surface area contributed by atoms with E-state index in [1.54, 1.807) is 16.0 Å². The molecule has 6 aromatic rings. The third-order valence-corrected chi connectivity index (χ3v) is 7.35. The molecular formula is C22H14N6O2S3. The number of fused-ring (bicyclic) bond motifs is 2. The van der Waals surface area contributed by atoms with Crippen LogP contribution in [0.15, 0.2) is 53.9 Å². The van der Waals surface area contributed by atoms with E-state index in [-0.39, 0.29) is 5.69 Å². The molecule has 11 heteroatoms. The minimum atomic E-state index is -1.01. The van der Waals surface area contributed by atoms with Crippen LogP contribution in [-0.4, -0.2) is 38.4 Å². The summed E-state index contributed by atoms with van der Waals surface area (Å²) in [5.41, 5.74) is 6.71. The van der Waals surface area contributed by atoms with Crippen LogP contribution in [0.25, 0.3) is 32.6 Å². The Bertz CT molecular complexity index is 1620. The average molecular weight is 491 g/mol. The van der Waals surface area contributed by atoms with Crippen LogP contribution in [0.3, 0.4) is 0 Å². The Labute approximate surface area is 199 Å². The molecule has 0 aliphatic carbocycles. The number of carboxylic acids is 1. The second-order valence-corrected chi connectivity index (χ2v) is 9.47. The lowest BCUT2D eigenvalue weighted by atomic mass is 10.0. The number of rotatable bonds is 6. The Balaban J connectivity index is 1.47. The zero-order valence-electron chi connectivity index (χ0n) is 16.9. The average Bonchev–Trinajstić information content (AvgIpc) is 3.59. The molecule has 0 unspecified atom stereocenters. The third kappa shape index (κ3) is 3.69. The van der Waals surface area contributed by atoms with E-state index >= 15 is 0 Å². The van der Waals surface area contributed by atoms with E-state index in [1.165, 1.54) is 11.7 Å². The molecule has 162 valence electrons. The number of hydrogen-bond donors (Lipinski definition) is 1. The highest BCUT2D eigenvalue weighted by Crippen LogP contribution is 2.32. The normalized spacial score (nSPS) is 11.5. The number of hydrogen-bond acceptors (Lipinski definition) is 9. The molecule has 2 aromatic carbocycles. The number of nitrogens with zero attached hydrogens (tertiary/aromatic N) is 6. The Kier molecular flexibility index (Phi) is 4.93. The van der Waals surface area contributed by atoms with E-state index in [0.717, 1.165) is 49.8 Å². The molecule has 0 bridgehead atoms. The topological polar surface area (TPSA) is 107 Å². The largest absolute Gasteiger partial charge is 0.477 e. The molecule has 0 fully saturated rings. The lowest BCUT2D eigenvalue weighted by Gasteiger charge is -2.07. The fraction of sp³-hybridized carbons (Fsp3) is 0.0909. The Morgan fingerprint density at radius 1 is 0.879 bits per heavy atom. The molecule has 0 amide bonds. The molecule has 0 spiro atoms. The van der Waals surface area contributed by atoms with Crippen LogP contribution in [0.4, 0.5) is 0 Å². The summed E-state index contributed by atoms with van der Waals surface area (Å²) in [7, 11) is 0. The zero-order chi connectivity index (χ0) is 22.4. The van der Waals surface area contributed by atoms with E-state index < -0.39 is 5.97 Å². The summed E-state index contributed by atoms with van der Waals surface area (Å²) in [5, 5.41) is 16.9. The van der Waals surface area contributed by atoms with Crippen LogP contribution in [0.1, 0.15) is 27.2 Å². The second-order valence-electron chi connectivity index (χ2n) is 7.47. The molecule has 0 radical (unpaired) electrons. The van der Waals surface area contributed by atoms with E-state index in [4.69, 9.17) is 5.10 Å². The maximum atomic E-state index is 12.4. The van der Waals surface area contributed by atoms with Gasteiger partial charge in [0, 0.05) is 12.0 Å². The predicted molar refractivity (Wildman–Crippen MR) is 129 cm³/mol. The molecule has 4 heterocycles. The summed E-state index contributed by atoms with van der Waals surface area (Å²) < 4.78 is 18.7. The van der Waals surface area contributed by atoms with Crippen LogP contribution < -0.4 is 0 Å². The molecule has 0 aliphatic heterocycles. The summed E-state index contributed by atoms with van der Waals surface area (Å²) in [4.78, 5) is 13.4. The van der Waals surface area contributed by atoms with Crippen LogP contribution in [0.2, 0.25) is 0 Å². The van der Waals surface area contributed by atoms with Crippen molar-refractivity contribution in [2.24, 2.45) is 0 Å². The van der Waals surface area contributed by atoms with Crippen molar-refractivity contribution in [3.63, 3.8) is 0 Å². The van der Waals surface area contributed by atoms with Crippen molar-refractivity contribution in [3.8, 4) is 10.6 Å². The Hall–Kier alpha value is -3.54. The van der Waals surface area contributed by atoms with Crippen LogP contribution >= 0.6 is 34.8 Å². The number of benzene rings is 2. The molecule has 8 nitrogen and oxygen atoms in total. The second kappa shape index (κ2) is 8.10. The summed E-state index contributed by atoms with van der Waals surface area (Å²) in [6.07, 6.45) is 0.428. The van der Waals surface area contributed by atoms with Crippen molar-refractivity contribution in [1.82, 2.24) is 27.3 Å². The molecule has 4 aromatic heterocycles. The number of thiophene rings is 1. The highest BCUT2D eigenvalue weighted by molar-refractivity contribution is 7.13. The minimum absolute atomic E-state index is 0.186. The van der Waals surface area contributed by atoms with Gasteiger partial charge in [0.25, 0.3) is 0 Å². The number of aromatic nitrogens is 6.